The summed E-state index contributed by atoms with van der Waals surface area (Å²) in [5, 5.41) is 0. The van der Waals surface area contributed by atoms with Crippen molar-refractivity contribution in [2.75, 3.05) is 47.5 Å². The van der Waals surface area contributed by atoms with Crippen molar-refractivity contribution >= 4 is 19.8 Å². The van der Waals surface area contributed by atoms with E-state index in [4.69, 9.17) is 18.5 Å². The van der Waals surface area contributed by atoms with E-state index in [1.165, 1.54) is 225 Å². The Hall–Kier alpha value is -0.990. The van der Waals surface area contributed by atoms with Gasteiger partial charge in [-0.2, -0.15) is 0 Å². The molecule has 9 nitrogen and oxygen atoms in total. The van der Waals surface area contributed by atoms with E-state index in [1.807, 2.05) is 21.1 Å². The first-order chi connectivity index (χ1) is 31.5. The molecular formula is C55H110NO8P. The highest BCUT2D eigenvalue weighted by Gasteiger charge is 2.22. The second kappa shape index (κ2) is 48.1. The molecular weight excluding hydrogens is 834 g/mol. The number of hydrogen-bond acceptors (Lipinski definition) is 8. The molecule has 2 atom stereocenters. The number of quaternary nitrogens is 1. The highest BCUT2D eigenvalue weighted by molar-refractivity contribution is 7.45. The Labute approximate surface area is 404 Å². The number of unbranched alkanes of at least 4 members (excludes halogenated alkanes) is 39. The molecule has 0 amide bonds. The topological polar surface area (TPSA) is 111 Å². The van der Waals surface area contributed by atoms with E-state index in [0.29, 0.717) is 17.4 Å². The predicted octanol–water partition coefficient (Wildman–Crippen LogP) is 16.5. The molecule has 0 aliphatic rings. The van der Waals surface area contributed by atoms with E-state index in [9.17, 15) is 19.0 Å². The van der Waals surface area contributed by atoms with Crippen LogP contribution in [-0.4, -0.2) is 70.0 Å². The lowest BCUT2D eigenvalue weighted by molar-refractivity contribution is -0.870. The SMILES string of the molecule is CCCCCCCCCCCCCCCCCCCCCCCCCCCCCCCCCC(=O)OC(COC(=O)CCCCCCCCCCCC)COP(=O)([O-])OCC[N+](C)(C)C. The maximum atomic E-state index is 12.7. The fourth-order valence-corrected chi connectivity index (χ4v) is 9.21. The molecule has 0 saturated carbocycles. The van der Waals surface area contributed by atoms with Gasteiger partial charge in [-0.25, -0.2) is 0 Å². The standard InChI is InChI=1S/C55H110NO8P/c1-6-8-10-12-14-16-18-19-20-21-22-23-24-25-26-27-28-29-30-31-32-33-34-35-36-37-38-40-42-44-46-48-55(58)64-53(52-63-65(59,60)62-50-49-56(3,4)5)51-61-54(57)47-45-43-41-39-17-15-13-11-9-7-2/h53H,6-52H2,1-5H3. The summed E-state index contributed by atoms with van der Waals surface area (Å²) in [5.74, 6) is -0.817. The van der Waals surface area contributed by atoms with Gasteiger partial charge >= 0.3 is 11.9 Å². The molecule has 0 aromatic heterocycles. The van der Waals surface area contributed by atoms with Crippen molar-refractivity contribution in [2.45, 2.75) is 296 Å². The maximum absolute atomic E-state index is 12.7. The van der Waals surface area contributed by atoms with Gasteiger partial charge in [0.15, 0.2) is 6.10 Å². The maximum Gasteiger partial charge on any atom is 0.306 e. The van der Waals surface area contributed by atoms with Crippen molar-refractivity contribution in [2.24, 2.45) is 0 Å². The average molecular weight is 944 g/mol. The third-order valence-electron chi connectivity index (χ3n) is 12.9. The number of likely N-dealkylation sites (N-methyl/N-ethyl adjacent to an activating group) is 1. The Bertz CT molecular complexity index is 1070. The van der Waals surface area contributed by atoms with E-state index >= 15 is 0 Å². The molecule has 0 N–H and O–H groups in total. The minimum Gasteiger partial charge on any atom is -0.756 e. The van der Waals surface area contributed by atoms with Crippen molar-refractivity contribution < 1.29 is 42.1 Å². The van der Waals surface area contributed by atoms with E-state index in [2.05, 4.69) is 13.8 Å². The monoisotopic (exact) mass is 944 g/mol. The van der Waals surface area contributed by atoms with E-state index in [0.717, 1.165) is 32.1 Å². The molecule has 0 rings (SSSR count). The molecule has 10 heteroatoms. The Kier molecular flexibility index (Phi) is 47.3. The van der Waals surface area contributed by atoms with Crippen molar-refractivity contribution in [3.63, 3.8) is 0 Å². The first-order valence-corrected chi connectivity index (χ1v) is 29.7. The number of nitrogens with zero attached hydrogens (tertiary/aromatic N) is 1. The normalized spacial score (nSPS) is 13.3. The van der Waals surface area contributed by atoms with Crippen molar-refractivity contribution in [1.29, 1.82) is 0 Å². The lowest BCUT2D eigenvalue weighted by Crippen LogP contribution is -2.37. The molecule has 0 bridgehead atoms. The molecule has 0 saturated heterocycles. The number of esters is 2. The second-order valence-corrected chi connectivity index (χ2v) is 22.1. The van der Waals surface area contributed by atoms with Crippen LogP contribution < -0.4 is 4.89 Å². The minimum absolute atomic E-state index is 0.0255. The largest absolute Gasteiger partial charge is 0.756 e. The Balaban J connectivity index is 3.92. The summed E-state index contributed by atoms with van der Waals surface area (Å²) in [7, 11) is 1.19. The Morgan fingerprint density at radius 3 is 0.985 bits per heavy atom. The molecule has 0 radical (unpaired) electrons. The smallest absolute Gasteiger partial charge is 0.306 e. The first-order valence-electron chi connectivity index (χ1n) is 28.2. The zero-order valence-corrected chi connectivity index (χ0v) is 44.9. The molecule has 0 aliphatic carbocycles. The summed E-state index contributed by atoms with van der Waals surface area (Å²) < 4.78 is 34.0. The van der Waals surface area contributed by atoms with E-state index in [1.54, 1.807) is 0 Å². The van der Waals surface area contributed by atoms with Crippen LogP contribution in [0.2, 0.25) is 0 Å². The van der Waals surface area contributed by atoms with Crippen LogP contribution in [0.4, 0.5) is 0 Å². The molecule has 0 spiro atoms. The number of rotatable bonds is 53. The molecule has 2 unspecified atom stereocenters. The van der Waals surface area contributed by atoms with Crippen LogP contribution in [-0.2, 0) is 32.7 Å². The van der Waals surface area contributed by atoms with Gasteiger partial charge in [0.05, 0.1) is 27.7 Å². The fourth-order valence-electron chi connectivity index (χ4n) is 8.48. The molecule has 0 aromatic rings. The summed E-state index contributed by atoms with van der Waals surface area (Å²) >= 11 is 0. The summed E-state index contributed by atoms with van der Waals surface area (Å²) in [6, 6.07) is 0. The van der Waals surface area contributed by atoms with Gasteiger partial charge in [0, 0.05) is 12.8 Å². The second-order valence-electron chi connectivity index (χ2n) is 20.7. The van der Waals surface area contributed by atoms with Crippen LogP contribution in [0.1, 0.15) is 290 Å². The lowest BCUT2D eigenvalue weighted by Gasteiger charge is -2.28. The predicted molar refractivity (Wildman–Crippen MR) is 273 cm³/mol. The van der Waals surface area contributed by atoms with Gasteiger partial charge in [-0.05, 0) is 12.8 Å². The Morgan fingerprint density at radius 2 is 0.692 bits per heavy atom. The van der Waals surface area contributed by atoms with E-state index < -0.39 is 26.5 Å². The molecule has 0 aromatic carbocycles. The zero-order chi connectivity index (χ0) is 47.8. The third-order valence-corrected chi connectivity index (χ3v) is 13.8. The zero-order valence-electron chi connectivity index (χ0n) is 44.0. The molecule has 0 aliphatic heterocycles. The summed E-state index contributed by atoms with van der Waals surface area (Å²) in [6.07, 6.45) is 53.2. The van der Waals surface area contributed by atoms with Gasteiger partial charge in [0.25, 0.3) is 7.82 Å². The molecule has 0 heterocycles. The number of phosphoric ester groups is 1. The molecule has 65 heavy (non-hydrogen) atoms. The van der Waals surface area contributed by atoms with Gasteiger partial charge < -0.3 is 27.9 Å². The van der Waals surface area contributed by atoms with Gasteiger partial charge in [-0.15, -0.1) is 0 Å². The quantitative estimate of drug-likeness (QED) is 0.0257. The van der Waals surface area contributed by atoms with Crippen LogP contribution in [0.3, 0.4) is 0 Å². The van der Waals surface area contributed by atoms with Crippen LogP contribution >= 0.6 is 7.82 Å². The van der Waals surface area contributed by atoms with Crippen molar-refractivity contribution in [3.8, 4) is 0 Å². The average Bonchev–Trinajstić information content (AvgIpc) is 3.26. The summed E-state index contributed by atoms with van der Waals surface area (Å²) in [4.78, 5) is 37.6. The fraction of sp³-hybridized carbons (Fsp3) is 0.964. The van der Waals surface area contributed by atoms with E-state index in [-0.39, 0.29) is 32.0 Å². The van der Waals surface area contributed by atoms with Gasteiger partial charge in [0.1, 0.15) is 19.8 Å². The number of carbonyl (C=O) groups excluding carboxylic acids is 2. The third kappa shape index (κ3) is 52.2. The van der Waals surface area contributed by atoms with Gasteiger partial charge in [-0.3, -0.25) is 14.2 Å². The summed E-state index contributed by atoms with van der Waals surface area (Å²) in [5.41, 5.74) is 0. The van der Waals surface area contributed by atoms with Crippen LogP contribution in [0.15, 0.2) is 0 Å². The van der Waals surface area contributed by atoms with Crippen molar-refractivity contribution in [3.05, 3.63) is 0 Å². The number of ether oxygens (including phenoxy) is 2. The summed E-state index contributed by atoms with van der Waals surface area (Å²) in [6.45, 7) is 4.27. The van der Waals surface area contributed by atoms with Gasteiger partial charge in [0.2, 0.25) is 0 Å². The highest BCUT2D eigenvalue weighted by atomic mass is 31.2. The number of hydrogen-bond donors (Lipinski definition) is 0. The van der Waals surface area contributed by atoms with Crippen LogP contribution in [0.25, 0.3) is 0 Å². The molecule has 0 fully saturated rings. The van der Waals surface area contributed by atoms with Crippen LogP contribution in [0, 0.1) is 0 Å². The first kappa shape index (κ1) is 64.0. The van der Waals surface area contributed by atoms with Crippen molar-refractivity contribution in [1.82, 2.24) is 0 Å². The minimum atomic E-state index is -4.62. The Morgan fingerprint density at radius 1 is 0.415 bits per heavy atom. The van der Waals surface area contributed by atoms with Crippen LogP contribution in [0.5, 0.6) is 0 Å². The number of phosphoric acid groups is 1. The van der Waals surface area contributed by atoms with Gasteiger partial charge in [-0.1, -0.05) is 264 Å². The highest BCUT2D eigenvalue weighted by Crippen LogP contribution is 2.38. The molecule has 388 valence electrons. The lowest BCUT2D eigenvalue weighted by atomic mass is 10.0. The number of carbonyl (C=O) groups is 2.